The summed E-state index contributed by atoms with van der Waals surface area (Å²) < 4.78 is 5.46. The van der Waals surface area contributed by atoms with Gasteiger partial charge in [-0.1, -0.05) is 11.3 Å². The van der Waals surface area contributed by atoms with E-state index in [1.165, 1.54) is 11.3 Å². The second-order valence-corrected chi connectivity index (χ2v) is 5.04. The highest BCUT2D eigenvalue weighted by molar-refractivity contribution is 7.15. The first kappa shape index (κ1) is 11.7. The lowest BCUT2D eigenvalue weighted by atomic mass is 10.2. The maximum atomic E-state index is 9.07. The van der Waals surface area contributed by atoms with Gasteiger partial charge in [-0.25, -0.2) is 0 Å². The number of aliphatic hydroxyl groups excluding tert-OH is 1. The standard InChI is InChI=1S/C9H16N4O2S/c1-6-5-15-7(4-14)2-13(6)3-8-11-12-9(10)16-8/h6-7,14H,2-5H2,1H3,(H2,10,12). The van der Waals surface area contributed by atoms with Crippen molar-refractivity contribution in [2.75, 3.05) is 25.5 Å². The molecule has 1 aromatic rings. The van der Waals surface area contributed by atoms with E-state index in [0.29, 0.717) is 17.8 Å². The molecule has 90 valence electrons. The molecule has 2 unspecified atom stereocenters. The first-order chi connectivity index (χ1) is 7.69. The van der Waals surface area contributed by atoms with Gasteiger partial charge < -0.3 is 15.6 Å². The molecule has 2 heterocycles. The molecule has 1 saturated heterocycles. The van der Waals surface area contributed by atoms with Crippen molar-refractivity contribution in [3.63, 3.8) is 0 Å². The number of nitrogens with two attached hydrogens (primary N) is 1. The summed E-state index contributed by atoms with van der Waals surface area (Å²) in [5, 5.41) is 18.2. The molecule has 3 N–H and O–H groups in total. The highest BCUT2D eigenvalue weighted by Gasteiger charge is 2.26. The van der Waals surface area contributed by atoms with Gasteiger partial charge in [-0.2, -0.15) is 0 Å². The number of hydrogen-bond donors (Lipinski definition) is 2. The molecule has 0 aliphatic carbocycles. The predicted molar refractivity (Wildman–Crippen MR) is 61.0 cm³/mol. The van der Waals surface area contributed by atoms with Crippen LogP contribution in [0.5, 0.6) is 0 Å². The van der Waals surface area contributed by atoms with Gasteiger partial charge in [0.25, 0.3) is 0 Å². The molecule has 1 aromatic heterocycles. The third kappa shape index (κ3) is 2.67. The molecule has 2 rings (SSSR count). The predicted octanol–water partition coefficient (Wildman–Crippen LogP) is -0.298. The number of morpholine rings is 1. The fourth-order valence-corrected chi connectivity index (χ4v) is 2.35. The van der Waals surface area contributed by atoms with E-state index in [2.05, 4.69) is 22.0 Å². The lowest BCUT2D eigenvalue weighted by Gasteiger charge is -2.36. The number of aliphatic hydroxyl groups is 1. The lowest BCUT2D eigenvalue weighted by molar-refractivity contribution is -0.0806. The van der Waals surface area contributed by atoms with Crippen LogP contribution in [0, 0.1) is 0 Å². The number of ether oxygens (including phenoxy) is 1. The maximum Gasteiger partial charge on any atom is 0.203 e. The summed E-state index contributed by atoms with van der Waals surface area (Å²) in [7, 11) is 0. The van der Waals surface area contributed by atoms with Gasteiger partial charge in [0.05, 0.1) is 25.9 Å². The van der Waals surface area contributed by atoms with E-state index in [-0.39, 0.29) is 12.7 Å². The SMILES string of the molecule is CC1COC(CO)CN1Cc1nnc(N)s1. The van der Waals surface area contributed by atoms with Gasteiger partial charge in [0, 0.05) is 12.6 Å². The summed E-state index contributed by atoms with van der Waals surface area (Å²) in [6.45, 7) is 4.23. The molecule has 7 heteroatoms. The van der Waals surface area contributed by atoms with Crippen LogP contribution in [0.1, 0.15) is 11.9 Å². The van der Waals surface area contributed by atoms with Gasteiger partial charge in [-0.15, -0.1) is 10.2 Å². The summed E-state index contributed by atoms with van der Waals surface area (Å²) in [6.07, 6.45) is -0.0959. The van der Waals surface area contributed by atoms with Crippen molar-refractivity contribution >= 4 is 16.5 Å². The van der Waals surface area contributed by atoms with Gasteiger partial charge in [-0.3, -0.25) is 4.90 Å². The molecule has 6 nitrogen and oxygen atoms in total. The molecule has 0 amide bonds. The van der Waals surface area contributed by atoms with Crippen molar-refractivity contribution in [3.05, 3.63) is 5.01 Å². The Morgan fingerprint density at radius 2 is 2.44 bits per heavy atom. The highest BCUT2D eigenvalue weighted by atomic mass is 32.1. The Hall–Kier alpha value is -0.760. The van der Waals surface area contributed by atoms with Crippen LogP contribution < -0.4 is 5.73 Å². The normalized spacial score (nSPS) is 27.1. The van der Waals surface area contributed by atoms with Crippen LogP contribution in [0.15, 0.2) is 0 Å². The van der Waals surface area contributed by atoms with Gasteiger partial charge in [0.1, 0.15) is 5.01 Å². The second-order valence-electron chi connectivity index (χ2n) is 3.95. The van der Waals surface area contributed by atoms with E-state index in [9.17, 15) is 0 Å². The molecule has 0 radical (unpaired) electrons. The van der Waals surface area contributed by atoms with Crippen LogP contribution in [0.25, 0.3) is 0 Å². The quantitative estimate of drug-likeness (QED) is 0.759. The summed E-state index contributed by atoms with van der Waals surface area (Å²) in [5.41, 5.74) is 5.53. The first-order valence-electron chi connectivity index (χ1n) is 5.23. The molecular weight excluding hydrogens is 228 g/mol. The number of hydrogen-bond acceptors (Lipinski definition) is 7. The van der Waals surface area contributed by atoms with Crippen molar-refractivity contribution in [3.8, 4) is 0 Å². The zero-order valence-corrected chi connectivity index (χ0v) is 9.98. The Morgan fingerprint density at radius 1 is 1.62 bits per heavy atom. The van der Waals surface area contributed by atoms with Gasteiger partial charge in [0.2, 0.25) is 5.13 Å². The van der Waals surface area contributed by atoms with E-state index in [1.54, 1.807) is 0 Å². The number of nitrogens with zero attached hydrogens (tertiary/aromatic N) is 3. The largest absolute Gasteiger partial charge is 0.394 e. The van der Waals surface area contributed by atoms with Gasteiger partial charge in [0.15, 0.2) is 0 Å². The Morgan fingerprint density at radius 3 is 3.06 bits per heavy atom. The molecule has 0 spiro atoms. The van der Waals surface area contributed by atoms with Crippen molar-refractivity contribution in [2.24, 2.45) is 0 Å². The summed E-state index contributed by atoms with van der Waals surface area (Å²) in [6, 6.07) is 0.327. The Labute approximate surface area is 98.0 Å². The van der Waals surface area contributed by atoms with Crippen LogP contribution >= 0.6 is 11.3 Å². The van der Waals surface area contributed by atoms with Crippen LogP contribution in [0.3, 0.4) is 0 Å². The molecule has 0 bridgehead atoms. The zero-order valence-electron chi connectivity index (χ0n) is 9.17. The third-order valence-corrected chi connectivity index (χ3v) is 3.40. The van der Waals surface area contributed by atoms with E-state index in [4.69, 9.17) is 15.6 Å². The fraction of sp³-hybridized carbons (Fsp3) is 0.778. The third-order valence-electron chi connectivity index (χ3n) is 2.66. The molecule has 1 fully saturated rings. The fourth-order valence-electron chi connectivity index (χ4n) is 1.71. The van der Waals surface area contributed by atoms with Crippen molar-refractivity contribution in [1.82, 2.24) is 15.1 Å². The van der Waals surface area contributed by atoms with Crippen LogP contribution in [-0.2, 0) is 11.3 Å². The smallest absolute Gasteiger partial charge is 0.203 e. The molecular formula is C9H16N4O2S. The van der Waals surface area contributed by atoms with Gasteiger partial charge in [-0.05, 0) is 6.92 Å². The van der Waals surface area contributed by atoms with Crippen LogP contribution in [-0.4, -0.2) is 52.1 Å². The molecule has 16 heavy (non-hydrogen) atoms. The monoisotopic (exact) mass is 244 g/mol. The maximum absolute atomic E-state index is 9.07. The average molecular weight is 244 g/mol. The topological polar surface area (TPSA) is 84.5 Å². The molecule has 0 aromatic carbocycles. The molecule has 1 aliphatic heterocycles. The Kier molecular flexibility index (Phi) is 3.70. The second kappa shape index (κ2) is 5.05. The lowest BCUT2D eigenvalue weighted by Crippen LogP contribution is -2.48. The number of aromatic nitrogens is 2. The summed E-state index contributed by atoms with van der Waals surface area (Å²) in [4.78, 5) is 2.23. The minimum atomic E-state index is -0.0959. The molecule has 1 aliphatic rings. The van der Waals surface area contributed by atoms with Gasteiger partial charge >= 0.3 is 0 Å². The zero-order chi connectivity index (χ0) is 11.5. The number of nitrogen functional groups attached to an aromatic ring is 1. The molecule has 0 saturated carbocycles. The van der Waals surface area contributed by atoms with Crippen LogP contribution in [0.2, 0.25) is 0 Å². The molecule has 2 atom stereocenters. The van der Waals surface area contributed by atoms with Crippen molar-refractivity contribution in [2.45, 2.75) is 25.6 Å². The number of anilines is 1. The number of rotatable bonds is 3. The van der Waals surface area contributed by atoms with Crippen LogP contribution in [0.4, 0.5) is 5.13 Å². The Bertz CT molecular complexity index is 346. The van der Waals surface area contributed by atoms with Crippen molar-refractivity contribution < 1.29 is 9.84 Å². The van der Waals surface area contributed by atoms with E-state index in [0.717, 1.165) is 18.1 Å². The summed E-state index contributed by atoms with van der Waals surface area (Å²) in [5.74, 6) is 0. The van der Waals surface area contributed by atoms with E-state index in [1.807, 2.05) is 0 Å². The average Bonchev–Trinajstić information content (AvgIpc) is 2.67. The minimum absolute atomic E-state index is 0.0570. The highest BCUT2D eigenvalue weighted by Crippen LogP contribution is 2.18. The van der Waals surface area contributed by atoms with Crippen molar-refractivity contribution in [1.29, 1.82) is 0 Å². The minimum Gasteiger partial charge on any atom is -0.394 e. The van der Waals surface area contributed by atoms with E-state index >= 15 is 0 Å². The van der Waals surface area contributed by atoms with E-state index < -0.39 is 0 Å². The Balaban J connectivity index is 1.96. The summed E-state index contributed by atoms with van der Waals surface area (Å²) >= 11 is 1.40. The first-order valence-corrected chi connectivity index (χ1v) is 6.05.